The fourth-order valence-corrected chi connectivity index (χ4v) is 2.61. The fraction of sp³-hybridized carbons (Fsp3) is 0.250. The number of benzene rings is 2. The van der Waals surface area contributed by atoms with Gasteiger partial charge in [0.05, 0.1) is 20.3 Å². The normalized spacial score (nSPS) is 17.1. The summed E-state index contributed by atoms with van der Waals surface area (Å²) in [5, 5.41) is 0.662. The van der Waals surface area contributed by atoms with Crippen LogP contribution < -0.4 is 4.74 Å². The maximum Gasteiger partial charge on any atom is 0.222 e. The Morgan fingerprint density at radius 3 is 2.30 bits per heavy atom. The van der Waals surface area contributed by atoms with Gasteiger partial charge in [0.2, 0.25) is 5.79 Å². The molecule has 2 aromatic rings. The van der Waals surface area contributed by atoms with Crippen molar-refractivity contribution in [2.75, 3.05) is 20.3 Å². The summed E-state index contributed by atoms with van der Waals surface area (Å²) in [7, 11) is 1.64. The zero-order chi connectivity index (χ0) is 14.0. The molecule has 4 heteroatoms. The molecule has 0 unspecified atom stereocenters. The SMILES string of the molecule is COc1ccc(C2(c3cccc(Cl)c3)OCCO2)cc1. The molecule has 3 nitrogen and oxygen atoms in total. The van der Waals surface area contributed by atoms with Crippen LogP contribution in [0, 0.1) is 0 Å². The Morgan fingerprint density at radius 2 is 1.70 bits per heavy atom. The first-order valence-corrected chi connectivity index (χ1v) is 6.81. The van der Waals surface area contributed by atoms with Crippen molar-refractivity contribution in [3.8, 4) is 5.75 Å². The molecule has 0 bridgehead atoms. The molecule has 20 heavy (non-hydrogen) atoms. The highest BCUT2D eigenvalue weighted by Gasteiger charge is 2.40. The minimum absolute atomic E-state index is 0.554. The summed E-state index contributed by atoms with van der Waals surface area (Å²) in [4.78, 5) is 0. The predicted octanol–water partition coefficient (Wildman–Crippen LogP) is 3.60. The van der Waals surface area contributed by atoms with Crippen LogP contribution in [0.3, 0.4) is 0 Å². The van der Waals surface area contributed by atoms with E-state index in [1.807, 2.05) is 48.5 Å². The Hall–Kier alpha value is -1.55. The van der Waals surface area contributed by atoms with E-state index in [9.17, 15) is 0 Å². The molecule has 1 aliphatic rings. The van der Waals surface area contributed by atoms with E-state index >= 15 is 0 Å². The lowest BCUT2D eigenvalue weighted by Gasteiger charge is -2.28. The van der Waals surface area contributed by atoms with Crippen molar-refractivity contribution in [1.82, 2.24) is 0 Å². The smallest absolute Gasteiger partial charge is 0.222 e. The van der Waals surface area contributed by atoms with Crippen molar-refractivity contribution < 1.29 is 14.2 Å². The number of hydrogen-bond donors (Lipinski definition) is 0. The molecular weight excluding hydrogens is 276 g/mol. The lowest BCUT2D eigenvalue weighted by Crippen LogP contribution is -2.28. The second kappa shape index (κ2) is 5.44. The molecule has 0 atom stereocenters. The van der Waals surface area contributed by atoms with Crippen molar-refractivity contribution in [2.24, 2.45) is 0 Å². The van der Waals surface area contributed by atoms with Gasteiger partial charge in [-0.15, -0.1) is 0 Å². The summed E-state index contributed by atoms with van der Waals surface area (Å²) >= 11 is 6.09. The van der Waals surface area contributed by atoms with Crippen molar-refractivity contribution in [3.63, 3.8) is 0 Å². The van der Waals surface area contributed by atoms with E-state index in [0.29, 0.717) is 18.2 Å². The average Bonchev–Trinajstić information content (AvgIpc) is 2.98. The van der Waals surface area contributed by atoms with Crippen LogP contribution in [0.5, 0.6) is 5.75 Å². The molecule has 1 heterocycles. The molecule has 0 saturated carbocycles. The van der Waals surface area contributed by atoms with Gasteiger partial charge in [0.25, 0.3) is 0 Å². The minimum atomic E-state index is -0.878. The van der Waals surface area contributed by atoms with Crippen LogP contribution >= 0.6 is 11.6 Å². The molecule has 1 aliphatic heterocycles. The third-order valence-electron chi connectivity index (χ3n) is 3.37. The monoisotopic (exact) mass is 290 g/mol. The number of halogens is 1. The highest BCUT2D eigenvalue weighted by atomic mass is 35.5. The molecular formula is C16H15ClO3. The van der Waals surface area contributed by atoms with Crippen molar-refractivity contribution in [1.29, 1.82) is 0 Å². The summed E-state index contributed by atoms with van der Waals surface area (Å²) < 4.78 is 17.0. The molecule has 2 aromatic carbocycles. The topological polar surface area (TPSA) is 27.7 Å². The molecule has 0 N–H and O–H groups in total. The van der Waals surface area contributed by atoms with Crippen LogP contribution in [0.2, 0.25) is 5.02 Å². The van der Waals surface area contributed by atoms with Crippen molar-refractivity contribution >= 4 is 11.6 Å². The number of ether oxygens (including phenoxy) is 3. The fourth-order valence-electron chi connectivity index (χ4n) is 2.42. The van der Waals surface area contributed by atoms with Gasteiger partial charge in [0, 0.05) is 16.1 Å². The van der Waals surface area contributed by atoms with E-state index in [0.717, 1.165) is 16.9 Å². The molecule has 0 aliphatic carbocycles. The first-order valence-electron chi connectivity index (χ1n) is 6.43. The Kier molecular flexibility index (Phi) is 3.66. The van der Waals surface area contributed by atoms with E-state index in [2.05, 4.69) is 0 Å². The number of rotatable bonds is 3. The summed E-state index contributed by atoms with van der Waals surface area (Å²) in [5.41, 5.74) is 1.82. The molecule has 104 valence electrons. The van der Waals surface area contributed by atoms with Gasteiger partial charge in [-0.2, -0.15) is 0 Å². The maximum atomic E-state index is 6.09. The molecule has 3 rings (SSSR count). The van der Waals surface area contributed by atoms with E-state index in [-0.39, 0.29) is 0 Å². The van der Waals surface area contributed by atoms with Gasteiger partial charge in [0.1, 0.15) is 5.75 Å². The average molecular weight is 291 g/mol. The Balaban J connectivity index is 2.07. The Morgan fingerprint density at radius 1 is 1.00 bits per heavy atom. The van der Waals surface area contributed by atoms with Gasteiger partial charge in [-0.05, 0) is 36.4 Å². The minimum Gasteiger partial charge on any atom is -0.497 e. The van der Waals surface area contributed by atoms with Gasteiger partial charge < -0.3 is 14.2 Å². The van der Waals surface area contributed by atoms with E-state index in [1.54, 1.807) is 7.11 Å². The summed E-state index contributed by atoms with van der Waals surface area (Å²) in [5.74, 6) is -0.0787. The zero-order valence-electron chi connectivity index (χ0n) is 11.1. The van der Waals surface area contributed by atoms with E-state index in [4.69, 9.17) is 25.8 Å². The standard InChI is InChI=1S/C16H15ClO3/c1-18-15-7-5-12(6-8-15)16(19-9-10-20-16)13-3-2-4-14(17)11-13/h2-8,11H,9-10H2,1H3. The summed E-state index contributed by atoms with van der Waals surface area (Å²) in [6.07, 6.45) is 0. The van der Waals surface area contributed by atoms with Crippen LogP contribution in [0.4, 0.5) is 0 Å². The first kappa shape index (κ1) is 13.4. The lowest BCUT2D eigenvalue weighted by atomic mass is 9.97. The molecule has 0 aromatic heterocycles. The maximum absolute atomic E-state index is 6.09. The van der Waals surface area contributed by atoms with Crippen LogP contribution in [-0.2, 0) is 15.3 Å². The summed E-state index contributed by atoms with van der Waals surface area (Å²) in [6, 6.07) is 15.3. The van der Waals surface area contributed by atoms with E-state index in [1.165, 1.54) is 0 Å². The first-order chi connectivity index (χ1) is 9.74. The largest absolute Gasteiger partial charge is 0.497 e. The van der Waals surface area contributed by atoms with Crippen LogP contribution in [0.25, 0.3) is 0 Å². The van der Waals surface area contributed by atoms with Crippen LogP contribution in [0.1, 0.15) is 11.1 Å². The van der Waals surface area contributed by atoms with Gasteiger partial charge >= 0.3 is 0 Å². The van der Waals surface area contributed by atoms with Crippen LogP contribution in [0.15, 0.2) is 48.5 Å². The Bertz CT molecular complexity index is 589. The van der Waals surface area contributed by atoms with Crippen molar-refractivity contribution in [3.05, 3.63) is 64.7 Å². The van der Waals surface area contributed by atoms with E-state index < -0.39 is 5.79 Å². The van der Waals surface area contributed by atoms with Gasteiger partial charge in [-0.1, -0.05) is 23.7 Å². The molecule has 1 saturated heterocycles. The zero-order valence-corrected chi connectivity index (χ0v) is 11.9. The number of hydrogen-bond acceptors (Lipinski definition) is 3. The highest BCUT2D eigenvalue weighted by molar-refractivity contribution is 6.30. The molecule has 0 radical (unpaired) electrons. The lowest BCUT2D eigenvalue weighted by molar-refractivity contribution is -0.129. The van der Waals surface area contributed by atoms with Gasteiger partial charge in [-0.3, -0.25) is 0 Å². The highest BCUT2D eigenvalue weighted by Crippen LogP contribution is 2.39. The third-order valence-corrected chi connectivity index (χ3v) is 3.60. The van der Waals surface area contributed by atoms with Gasteiger partial charge in [0.15, 0.2) is 0 Å². The third kappa shape index (κ3) is 2.29. The Labute approximate surface area is 123 Å². The second-order valence-corrected chi connectivity index (χ2v) is 4.99. The van der Waals surface area contributed by atoms with Crippen LogP contribution in [-0.4, -0.2) is 20.3 Å². The predicted molar refractivity (Wildman–Crippen MR) is 77.1 cm³/mol. The quantitative estimate of drug-likeness (QED) is 0.864. The number of methoxy groups -OCH3 is 1. The second-order valence-electron chi connectivity index (χ2n) is 4.55. The van der Waals surface area contributed by atoms with Gasteiger partial charge in [-0.25, -0.2) is 0 Å². The van der Waals surface area contributed by atoms with Crippen molar-refractivity contribution in [2.45, 2.75) is 5.79 Å². The molecule has 0 amide bonds. The summed E-state index contributed by atoms with van der Waals surface area (Å²) in [6.45, 7) is 1.11. The molecule has 0 spiro atoms. The molecule has 1 fully saturated rings.